The molecule has 0 bridgehead atoms. The fraction of sp³-hybridized carbons (Fsp3) is 0.250. The number of thioether (sulfide) groups is 1. The number of hydrogen-bond acceptors (Lipinski definition) is 3. The van der Waals surface area contributed by atoms with Crippen LogP contribution in [-0.4, -0.2) is 12.8 Å². The first kappa shape index (κ1) is 15.2. The van der Waals surface area contributed by atoms with Crippen LogP contribution >= 0.6 is 23.4 Å². The minimum Gasteiger partial charge on any atom is -0.455 e. The molecule has 0 atom stereocenters. The maximum atomic E-state index is 6.29. The predicted octanol–water partition coefficient (Wildman–Crippen LogP) is 4.96. The van der Waals surface area contributed by atoms with Crippen LogP contribution in [0.1, 0.15) is 12.5 Å². The lowest BCUT2D eigenvalue weighted by Gasteiger charge is -2.12. The highest BCUT2D eigenvalue weighted by atomic mass is 35.5. The summed E-state index contributed by atoms with van der Waals surface area (Å²) in [6, 6.07) is 13.9. The Morgan fingerprint density at radius 2 is 1.95 bits per heavy atom. The third kappa shape index (κ3) is 3.92. The summed E-state index contributed by atoms with van der Waals surface area (Å²) in [5.74, 6) is 1.52. The molecular weight excluding hydrogens is 290 g/mol. The van der Waals surface area contributed by atoms with Gasteiger partial charge in [0.15, 0.2) is 0 Å². The molecule has 0 aliphatic heterocycles. The molecule has 0 unspecified atom stereocenters. The first-order valence-electron chi connectivity index (χ1n) is 6.54. The summed E-state index contributed by atoms with van der Waals surface area (Å²) < 4.78 is 5.92. The lowest BCUT2D eigenvalue weighted by Crippen LogP contribution is -2.11. The monoisotopic (exact) mass is 307 g/mol. The first-order valence-corrected chi connectivity index (χ1v) is 8.15. The molecule has 0 radical (unpaired) electrons. The molecule has 0 heterocycles. The van der Waals surface area contributed by atoms with E-state index in [1.807, 2.05) is 48.7 Å². The van der Waals surface area contributed by atoms with Gasteiger partial charge in [0.05, 0.1) is 5.02 Å². The Balaban J connectivity index is 2.17. The molecule has 0 saturated carbocycles. The van der Waals surface area contributed by atoms with Crippen LogP contribution in [-0.2, 0) is 6.54 Å². The van der Waals surface area contributed by atoms with Crippen molar-refractivity contribution in [2.75, 3.05) is 12.8 Å². The summed E-state index contributed by atoms with van der Waals surface area (Å²) in [4.78, 5) is 1.10. The fourth-order valence-electron chi connectivity index (χ4n) is 1.83. The van der Waals surface area contributed by atoms with Crippen molar-refractivity contribution in [3.05, 3.63) is 53.1 Å². The van der Waals surface area contributed by atoms with Crippen LogP contribution in [0.2, 0.25) is 5.02 Å². The van der Waals surface area contributed by atoms with Crippen molar-refractivity contribution >= 4 is 23.4 Å². The van der Waals surface area contributed by atoms with Crippen molar-refractivity contribution in [2.45, 2.75) is 18.4 Å². The van der Waals surface area contributed by atoms with Gasteiger partial charge in [-0.1, -0.05) is 36.7 Å². The molecule has 20 heavy (non-hydrogen) atoms. The summed E-state index contributed by atoms with van der Waals surface area (Å²) in [6.07, 6.45) is 2.03. The number of benzene rings is 2. The van der Waals surface area contributed by atoms with Crippen LogP contribution in [0.15, 0.2) is 47.4 Å². The first-order chi connectivity index (χ1) is 9.74. The topological polar surface area (TPSA) is 21.3 Å². The maximum absolute atomic E-state index is 6.29. The average molecular weight is 308 g/mol. The van der Waals surface area contributed by atoms with E-state index in [-0.39, 0.29) is 0 Å². The molecule has 0 fully saturated rings. The standard InChI is InChI=1S/C16H18ClNOS/c1-3-18-11-12-8-9-14(13(17)10-12)19-15-6-4-5-7-16(15)20-2/h4-10,18H,3,11H2,1-2H3. The Hall–Kier alpha value is -1.16. The summed E-state index contributed by atoms with van der Waals surface area (Å²) in [6.45, 7) is 3.84. The lowest BCUT2D eigenvalue weighted by atomic mass is 10.2. The van der Waals surface area contributed by atoms with E-state index < -0.39 is 0 Å². The van der Waals surface area contributed by atoms with Gasteiger partial charge in [-0.3, -0.25) is 0 Å². The van der Waals surface area contributed by atoms with Crippen LogP contribution < -0.4 is 10.1 Å². The molecule has 2 aromatic rings. The SMILES string of the molecule is CCNCc1ccc(Oc2ccccc2SC)c(Cl)c1. The third-order valence-corrected chi connectivity index (χ3v) is 3.94. The van der Waals surface area contributed by atoms with Crippen LogP contribution in [0.25, 0.3) is 0 Å². The summed E-state index contributed by atoms with van der Waals surface area (Å²) in [7, 11) is 0. The Bertz CT molecular complexity index is 574. The highest BCUT2D eigenvalue weighted by Gasteiger charge is 2.07. The van der Waals surface area contributed by atoms with E-state index in [1.165, 1.54) is 0 Å². The van der Waals surface area contributed by atoms with Crippen LogP contribution in [0.5, 0.6) is 11.5 Å². The third-order valence-electron chi connectivity index (χ3n) is 2.86. The van der Waals surface area contributed by atoms with Crippen LogP contribution in [0, 0.1) is 0 Å². The number of para-hydroxylation sites is 1. The van der Waals surface area contributed by atoms with Gasteiger partial charge in [0.2, 0.25) is 0 Å². The summed E-state index contributed by atoms with van der Waals surface area (Å²) in [5, 5.41) is 3.91. The van der Waals surface area contributed by atoms with Crippen molar-refractivity contribution < 1.29 is 4.74 Å². The molecule has 2 aromatic carbocycles. The second-order valence-corrected chi connectivity index (χ2v) is 5.55. The molecule has 0 spiro atoms. The Morgan fingerprint density at radius 3 is 2.65 bits per heavy atom. The van der Waals surface area contributed by atoms with Gasteiger partial charge in [-0.2, -0.15) is 0 Å². The number of hydrogen-bond donors (Lipinski definition) is 1. The molecule has 0 amide bonds. The molecule has 0 aliphatic carbocycles. The Morgan fingerprint density at radius 1 is 1.15 bits per heavy atom. The lowest BCUT2D eigenvalue weighted by molar-refractivity contribution is 0.471. The molecule has 0 aromatic heterocycles. The molecule has 4 heteroatoms. The molecular formula is C16H18ClNOS. The smallest absolute Gasteiger partial charge is 0.146 e. The zero-order valence-corrected chi connectivity index (χ0v) is 13.2. The van der Waals surface area contributed by atoms with Crippen molar-refractivity contribution in [2.24, 2.45) is 0 Å². The van der Waals surface area contributed by atoms with Gasteiger partial charge < -0.3 is 10.1 Å². The molecule has 2 nitrogen and oxygen atoms in total. The van der Waals surface area contributed by atoms with E-state index in [1.54, 1.807) is 11.8 Å². The second kappa shape index (κ2) is 7.58. The van der Waals surface area contributed by atoms with Crippen molar-refractivity contribution in [1.29, 1.82) is 0 Å². The van der Waals surface area contributed by atoms with Gasteiger partial charge in [0.25, 0.3) is 0 Å². The van der Waals surface area contributed by atoms with Gasteiger partial charge in [0.1, 0.15) is 11.5 Å². The zero-order valence-electron chi connectivity index (χ0n) is 11.7. The average Bonchev–Trinajstić information content (AvgIpc) is 2.48. The van der Waals surface area contributed by atoms with Gasteiger partial charge in [-0.25, -0.2) is 0 Å². The largest absolute Gasteiger partial charge is 0.455 e. The molecule has 2 rings (SSSR count). The van der Waals surface area contributed by atoms with E-state index in [0.29, 0.717) is 10.8 Å². The van der Waals surface area contributed by atoms with Gasteiger partial charge in [-0.15, -0.1) is 11.8 Å². The van der Waals surface area contributed by atoms with Gasteiger partial charge in [0, 0.05) is 11.4 Å². The van der Waals surface area contributed by atoms with E-state index in [0.717, 1.165) is 29.3 Å². The predicted molar refractivity (Wildman–Crippen MR) is 87.1 cm³/mol. The number of rotatable bonds is 6. The van der Waals surface area contributed by atoms with Crippen LogP contribution in [0.3, 0.4) is 0 Å². The zero-order chi connectivity index (χ0) is 14.4. The summed E-state index contributed by atoms with van der Waals surface area (Å²) >= 11 is 7.95. The van der Waals surface area contributed by atoms with Crippen molar-refractivity contribution in [3.8, 4) is 11.5 Å². The quantitative estimate of drug-likeness (QED) is 0.762. The number of halogens is 1. The molecule has 0 aliphatic rings. The van der Waals surface area contributed by atoms with Crippen molar-refractivity contribution in [1.82, 2.24) is 5.32 Å². The molecule has 106 valence electrons. The van der Waals surface area contributed by atoms with E-state index in [9.17, 15) is 0 Å². The minimum absolute atomic E-state index is 0.635. The van der Waals surface area contributed by atoms with E-state index in [4.69, 9.17) is 16.3 Å². The molecule has 0 saturated heterocycles. The number of ether oxygens (including phenoxy) is 1. The second-order valence-electron chi connectivity index (χ2n) is 4.30. The maximum Gasteiger partial charge on any atom is 0.146 e. The number of nitrogens with one attached hydrogen (secondary N) is 1. The van der Waals surface area contributed by atoms with Gasteiger partial charge >= 0.3 is 0 Å². The Labute approximate surface area is 129 Å². The minimum atomic E-state index is 0.635. The Kier molecular flexibility index (Phi) is 5.77. The van der Waals surface area contributed by atoms with Crippen LogP contribution in [0.4, 0.5) is 0 Å². The van der Waals surface area contributed by atoms with E-state index in [2.05, 4.69) is 12.2 Å². The van der Waals surface area contributed by atoms with Crippen molar-refractivity contribution in [3.63, 3.8) is 0 Å². The molecule has 1 N–H and O–H groups in total. The highest BCUT2D eigenvalue weighted by molar-refractivity contribution is 7.98. The highest BCUT2D eigenvalue weighted by Crippen LogP contribution is 2.35. The van der Waals surface area contributed by atoms with Gasteiger partial charge in [-0.05, 0) is 42.6 Å². The fourth-order valence-corrected chi connectivity index (χ4v) is 2.60. The van der Waals surface area contributed by atoms with E-state index >= 15 is 0 Å². The normalized spacial score (nSPS) is 10.6. The summed E-state index contributed by atoms with van der Waals surface area (Å²) in [5.41, 5.74) is 1.15.